The van der Waals surface area contributed by atoms with Gasteiger partial charge >= 0.3 is 0 Å². The van der Waals surface area contributed by atoms with Gasteiger partial charge in [-0.2, -0.15) is 5.26 Å². The van der Waals surface area contributed by atoms with E-state index >= 15 is 0 Å². The van der Waals surface area contributed by atoms with Crippen LogP contribution in [0.1, 0.15) is 29.8 Å². The fourth-order valence-corrected chi connectivity index (χ4v) is 3.47. The van der Waals surface area contributed by atoms with Crippen molar-refractivity contribution in [1.29, 1.82) is 5.26 Å². The van der Waals surface area contributed by atoms with Crippen LogP contribution in [0, 0.1) is 35.3 Å². The Morgan fingerprint density at radius 1 is 1.41 bits per heavy atom. The lowest BCUT2D eigenvalue weighted by Gasteiger charge is -2.10. The number of nitro groups is 1. The first-order chi connectivity index (χ1) is 13.9. The van der Waals surface area contributed by atoms with Gasteiger partial charge in [-0.15, -0.1) is 0 Å². The van der Waals surface area contributed by atoms with Crippen molar-refractivity contribution in [3.05, 3.63) is 63.0 Å². The molecule has 150 valence electrons. The number of aromatic nitrogens is 1. The number of carbonyl (C=O) groups is 1. The summed E-state index contributed by atoms with van der Waals surface area (Å²) in [6.45, 7) is 4.87. The number of nitrogens with zero attached hydrogens (tertiary/aromatic N) is 3. The molecule has 0 radical (unpaired) electrons. The monoisotopic (exact) mass is 394 g/mol. The maximum absolute atomic E-state index is 12.4. The van der Waals surface area contributed by atoms with Crippen molar-refractivity contribution in [3.63, 3.8) is 0 Å². The number of nitro benzene ring substituents is 1. The molecule has 2 aromatic rings. The van der Waals surface area contributed by atoms with Gasteiger partial charge in [0, 0.05) is 42.4 Å². The molecule has 3 rings (SSSR count). The molecule has 29 heavy (non-hydrogen) atoms. The van der Waals surface area contributed by atoms with Crippen molar-refractivity contribution in [2.45, 2.75) is 32.8 Å². The number of nitriles is 1. The van der Waals surface area contributed by atoms with Gasteiger partial charge in [-0.25, -0.2) is 0 Å². The Labute approximate surface area is 168 Å². The van der Waals surface area contributed by atoms with Crippen LogP contribution in [0.3, 0.4) is 0 Å². The zero-order chi connectivity index (χ0) is 21.0. The van der Waals surface area contributed by atoms with Gasteiger partial charge in [0.1, 0.15) is 11.6 Å². The van der Waals surface area contributed by atoms with E-state index in [2.05, 4.69) is 5.32 Å². The third kappa shape index (κ3) is 4.52. The SMILES string of the molecule is Cc1cc(/C=C(\C#N)C(=O)NC[C@H]2CCCO2)c(C)n1-c1ccc([N+](=O)[O-])cc1. The number of carbonyl (C=O) groups excluding carboxylic acids is 1. The minimum atomic E-state index is -0.443. The molecule has 1 saturated heterocycles. The topological polar surface area (TPSA) is 110 Å². The van der Waals surface area contributed by atoms with Gasteiger partial charge in [-0.05, 0) is 56.5 Å². The van der Waals surface area contributed by atoms with Crippen molar-refractivity contribution in [2.24, 2.45) is 0 Å². The molecular weight excluding hydrogens is 372 g/mol. The third-order valence-corrected chi connectivity index (χ3v) is 4.97. The van der Waals surface area contributed by atoms with Gasteiger partial charge in [0.25, 0.3) is 11.6 Å². The second kappa shape index (κ2) is 8.71. The van der Waals surface area contributed by atoms with E-state index in [-0.39, 0.29) is 17.4 Å². The molecule has 1 fully saturated rings. The summed E-state index contributed by atoms with van der Waals surface area (Å²) in [6, 6.07) is 10.1. The van der Waals surface area contributed by atoms with Gasteiger partial charge in [-0.1, -0.05) is 0 Å². The minimum Gasteiger partial charge on any atom is -0.376 e. The first kappa shape index (κ1) is 20.3. The highest BCUT2D eigenvalue weighted by atomic mass is 16.6. The molecule has 2 heterocycles. The first-order valence-electron chi connectivity index (χ1n) is 9.36. The molecule has 1 aliphatic rings. The Morgan fingerprint density at radius 3 is 2.72 bits per heavy atom. The van der Waals surface area contributed by atoms with Crippen LogP contribution in [0.2, 0.25) is 0 Å². The van der Waals surface area contributed by atoms with Crippen molar-refractivity contribution >= 4 is 17.7 Å². The van der Waals surface area contributed by atoms with Gasteiger partial charge in [0.15, 0.2) is 0 Å². The van der Waals surface area contributed by atoms with Crippen LogP contribution in [0.25, 0.3) is 11.8 Å². The van der Waals surface area contributed by atoms with Crippen LogP contribution in [0.4, 0.5) is 5.69 Å². The van der Waals surface area contributed by atoms with Crippen LogP contribution >= 0.6 is 0 Å². The average molecular weight is 394 g/mol. The van der Waals surface area contributed by atoms with Gasteiger partial charge in [-0.3, -0.25) is 14.9 Å². The number of amides is 1. The van der Waals surface area contributed by atoms with E-state index in [9.17, 15) is 20.2 Å². The predicted octanol–water partition coefficient (Wildman–Crippen LogP) is 3.20. The lowest BCUT2D eigenvalue weighted by molar-refractivity contribution is -0.384. The maximum Gasteiger partial charge on any atom is 0.269 e. The molecule has 1 aromatic carbocycles. The van der Waals surface area contributed by atoms with Crippen molar-refractivity contribution in [1.82, 2.24) is 9.88 Å². The molecule has 0 aliphatic carbocycles. The van der Waals surface area contributed by atoms with E-state index in [1.807, 2.05) is 30.6 Å². The molecule has 0 bridgehead atoms. The van der Waals surface area contributed by atoms with E-state index in [1.54, 1.807) is 18.2 Å². The molecule has 8 heteroatoms. The summed E-state index contributed by atoms with van der Waals surface area (Å²) in [7, 11) is 0. The Bertz CT molecular complexity index is 993. The zero-order valence-electron chi connectivity index (χ0n) is 16.3. The van der Waals surface area contributed by atoms with Crippen LogP contribution in [0.5, 0.6) is 0 Å². The highest BCUT2D eigenvalue weighted by molar-refractivity contribution is 6.01. The second-order valence-corrected chi connectivity index (χ2v) is 6.95. The summed E-state index contributed by atoms with van der Waals surface area (Å²) in [6.07, 6.45) is 3.46. The van der Waals surface area contributed by atoms with Crippen molar-refractivity contribution < 1.29 is 14.5 Å². The summed E-state index contributed by atoms with van der Waals surface area (Å²) in [5, 5.41) is 23.1. The number of non-ortho nitro benzene ring substituents is 1. The third-order valence-electron chi connectivity index (χ3n) is 4.97. The van der Waals surface area contributed by atoms with Gasteiger partial charge in [0.05, 0.1) is 11.0 Å². The Balaban J connectivity index is 1.82. The summed E-state index contributed by atoms with van der Waals surface area (Å²) < 4.78 is 7.41. The zero-order valence-corrected chi connectivity index (χ0v) is 16.3. The van der Waals surface area contributed by atoms with Gasteiger partial charge in [0.2, 0.25) is 0 Å². The number of hydrogen-bond donors (Lipinski definition) is 1. The summed E-state index contributed by atoms with van der Waals surface area (Å²) in [5.41, 5.74) is 3.27. The molecule has 1 aromatic heterocycles. The molecule has 1 amide bonds. The van der Waals surface area contributed by atoms with Crippen molar-refractivity contribution in [2.75, 3.05) is 13.2 Å². The van der Waals surface area contributed by atoms with Crippen LogP contribution in [-0.2, 0) is 9.53 Å². The molecule has 0 saturated carbocycles. The highest BCUT2D eigenvalue weighted by Crippen LogP contribution is 2.24. The number of aryl methyl sites for hydroxylation is 1. The lowest BCUT2D eigenvalue weighted by atomic mass is 10.1. The summed E-state index contributed by atoms with van der Waals surface area (Å²) >= 11 is 0. The van der Waals surface area contributed by atoms with Crippen LogP contribution in [-0.4, -0.2) is 34.7 Å². The maximum atomic E-state index is 12.4. The normalized spacial score (nSPS) is 16.4. The predicted molar refractivity (Wildman–Crippen MR) is 107 cm³/mol. The second-order valence-electron chi connectivity index (χ2n) is 6.95. The van der Waals surface area contributed by atoms with E-state index in [0.29, 0.717) is 13.2 Å². The quantitative estimate of drug-likeness (QED) is 0.350. The number of nitrogens with one attached hydrogen (secondary N) is 1. The van der Waals surface area contributed by atoms with E-state index < -0.39 is 10.8 Å². The molecule has 1 aliphatic heterocycles. The Morgan fingerprint density at radius 2 is 2.14 bits per heavy atom. The van der Waals surface area contributed by atoms with Crippen LogP contribution < -0.4 is 5.32 Å². The standard InChI is InChI=1S/C21H22N4O4/c1-14-10-16(11-17(12-22)21(26)23-13-20-4-3-9-29-20)15(2)24(14)18-5-7-19(8-6-18)25(27)28/h5-8,10-11,20H,3-4,9,13H2,1-2H3,(H,23,26)/b17-11+/t20-/m1/s1. The first-order valence-corrected chi connectivity index (χ1v) is 9.36. The smallest absolute Gasteiger partial charge is 0.269 e. The fraction of sp³-hybridized carbons (Fsp3) is 0.333. The summed E-state index contributed by atoms with van der Waals surface area (Å²) in [5.74, 6) is -0.428. The molecule has 1 N–H and O–H groups in total. The molecule has 8 nitrogen and oxygen atoms in total. The highest BCUT2D eigenvalue weighted by Gasteiger charge is 2.18. The Hall–Kier alpha value is -3.44. The average Bonchev–Trinajstić information content (AvgIpc) is 3.32. The number of benzene rings is 1. The number of hydrogen-bond acceptors (Lipinski definition) is 5. The Kier molecular flexibility index (Phi) is 6.10. The van der Waals surface area contributed by atoms with Crippen molar-refractivity contribution in [3.8, 4) is 11.8 Å². The number of rotatable bonds is 6. The number of ether oxygens (including phenoxy) is 1. The van der Waals surface area contributed by atoms with E-state index in [1.165, 1.54) is 12.1 Å². The molecule has 0 unspecified atom stereocenters. The molecular formula is C21H22N4O4. The lowest BCUT2D eigenvalue weighted by Crippen LogP contribution is -2.32. The fourth-order valence-electron chi connectivity index (χ4n) is 3.47. The minimum absolute atomic E-state index is 0.00564. The van der Waals surface area contributed by atoms with Gasteiger partial charge < -0.3 is 14.6 Å². The van der Waals surface area contributed by atoms with Crippen LogP contribution in [0.15, 0.2) is 35.9 Å². The summed E-state index contributed by atoms with van der Waals surface area (Å²) in [4.78, 5) is 22.8. The molecule has 1 atom stereocenters. The largest absolute Gasteiger partial charge is 0.376 e. The van der Waals surface area contributed by atoms with E-state index in [4.69, 9.17) is 4.74 Å². The van der Waals surface area contributed by atoms with E-state index in [0.717, 1.165) is 35.5 Å². The molecule has 0 spiro atoms.